The molecule has 3 aromatic carbocycles. The minimum atomic E-state index is -2.44. The molecule has 0 amide bonds. The second-order valence-corrected chi connectivity index (χ2v) is 12.3. The summed E-state index contributed by atoms with van der Waals surface area (Å²) < 4.78 is 3.97. The van der Waals surface area contributed by atoms with Crippen molar-refractivity contribution in [2.45, 2.75) is 13.3 Å². The molecule has 0 radical (unpaired) electrons. The summed E-state index contributed by atoms with van der Waals surface area (Å²) in [5.74, 6) is 0.0383. The number of imidazole rings is 1. The molecule has 33 heavy (non-hydrogen) atoms. The van der Waals surface area contributed by atoms with Crippen molar-refractivity contribution < 1.29 is 9.20 Å². The maximum atomic E-state index is 13.6. The summed E-state index contributed by atoms with van der Waals surface area (Å²) in [6, 6.07) is 34.1. The molecule has 0 saturated carbocycles. The first-order valence-corrected chi connectivity index (χ1v) is 13.7. The molecule has 3 nitrogen and oxygen atoms in total. The van der Waals surface area contributed by atoms with Crippen LogP contribution in [0.15, 0.2) is 115 Å². The molecule has 0 fully saturated rings. The van der Waals surface area contributed by atoms with Crippen LogP contribution in [0.3, 0.4) is 0 Å². The fourth-order valence-electron chi connectivity index (χ4n) is 4.45. The minimum Gasteiger partial charge on any atom is -0.246 e. The Morgan fingerprint density at radius 1 is 0.788 bits per heavy atom. The van der Waals surface area contributed by atoms with Crippen LogP contribution in [0, 0.1) is 6.92 Å². The highest BCUT2D eigenvalue weighted by Gasteiger charge is 2.38. The largest absolute Gasteiger partial charge is 0.319 e. The van der Waals surface area contributed by atoms with Crippen molar-refractivity contribution >= 4 is 45.4 Å². The Balaban J connectivity index is 1.78. The number of fused-ring (bicyclic) bond motifs is 1. The second-order valence-electron chi connectivity index (χ2n) is 8.01. The highest BCUT2D eigenvalue weighted by Crippen LogP contribution is 2.42. The van der Waals surface area contributed by atoms with Gasteiger partial charge in [-0.05, 0) is 22.2 Å². The van der Waals surface area contributed by atoms with Crippen molar-refractivity contribution in [2.75, 3.05) is 0 Å². The zero-order valence-electron chi connectivity index (χ0n) is 18.3. The standard InChI is InChI=1S/C28H24N2OPS/c1-22-28(32(33,24-15-7-3-8-16-24)25-17-9-4-10-18-25)29-20-12-11-19-26(29)30(22)27(31)21-23-13-5-2-6-14-23/h2-20H,21H2,1H3/q+1. The van der Waals surface area contributed by atoms with E-state index in [0.717, 1.165) is 32.9 Å². The van der Waals surface area contributed by atoms with E-state index < -0.39 is 6.04 Å². The summed E-state index contributed by atoms with van der Waals surface area (Å²) in [5.41, 5.74) is 3.76. The summed E-state index contributed by atoms with van der Waals surface area (Å²) in [7, 11) is 0. The van der Waals surface area contributed by atoms with Gasteiger partial charge in [-0.1, -0.05) is 109 Å². The number of hydrogen-bond acceptors (Lipinski definition) is 2. The molecule has 0 aliphatic carbocycles. The van der Waals surface area contributed by atoms with Crippen LogP contribution >= 0.6 is 6.04 Å². The number of nitrogens with zero attached hydrogens (tertiary/aromatic N) is 2. The van der Waals surface area contributed by atoms with E-state index in [9.17, 15) is 4.79 Å². The van der Waals surface area contributed by atoms with Crippen LogP contribution in [-0.2, 0) is 18.2 Å². The Hall–Kier alpha value is -3.33. The first kappa shape index (κ1) is 21.5. The van der Waals surface area contributed by atoms with E-state index in [1.165, 1.54) is 0 Å². The van der Waals surface area contributed by atoms with Gasteiger partial charge in [-0.2, -0.15) is 8.97 Å². The Kier molecular flexibility index (Phi) is 5.80. The molecule has 0 bridgehead atoms. The fourth-order valence-corrected chi connectivity index (χ4v) is 8.85. The molecule has 0 saturated heterocycles. The van der Waals surface area contributed by atoms with Crippen molar-refractivity contribution in [1.82, 2.24) is 4.57 Å². The molecule has 0 aliphatic heterocycles. The number of carbonyl (C=O) groups is 1. The number of benzene rings is 3. The van der Waals surface area contributed by atoms with E-state index in [2.05, 4.69) is 28.7 Å². The summed E-state index contributed by atoms with van der Waals surface area (Å²) in [4.78, 5) is 13.6. The van der Waals surface area contributed by atoms with Crippen LogP contribution < -0.4 is 20.4 Å². The molecular formula is C28H24N2OPS+. The van der Waals surface area contributed by atoms with Gasteiger partial charge in [-0.3, -0.25) is 0 Å². The van der Waals surface area contributed by atoms with Crippen molar-refractivity contribution in [2.24, 2.45) is 0 Å². The predicted molar refractivity (Wildman–Crippen MR) is 139 cm³/mol. The van der Waals surface area contributed by atoms with Crippen LogP contribution in [0.2, 0.25) is 0 Å². The van der Waals surface area contributed by atoms with Gasteiger partial charge in [-0.25, -0.2) is 4.79 Å². The number of aromatic nitrogens is 2. The van der Waals surface area contributed by atoms with Crippen molar-refractivity contribution in [1.29, 1.82) is 0 Å². The van der Waals surface area contributed by atoms with Crippen LogP contribution in [0.1, 0.15) is 16.1 Å². The molecule has 162 valence electrons. The van der Waals surface area contributed by atoms with Crippen LogP contribution in [0.25, 0.3) is 5.65 Å². The third kappa shape index (κ3) is 3.76. The van der Waals surface area contributed by atoms with Crippen LogP contribution in [-0.4, -0.2) is 10.5 Å². The SMILES string of the molecule is Cc1c(P(=S)(c2ccccc2)c2ccccc2)[n+]2ccccc2n1C(=O)Cc1ccccc1. The smallest absolute Gasteiger partial charge is 0.246 e. The molecule has 2 aromatic heterocycles. The van der Waals surface area contributed by atoms with Gasteiger partial charge in [0.2, 0.25) is 0 Å². The van der Waals surface area contributed by atoms with Gasteiger partial charge in [-0.15, -0.1) is 0 Å². The molecule has 0 atom stereocenters. The lowest BCUT2D eigenvalue weighted by Gasteiger charge is -2.21. The highest BCUT2D eigenvalue weighted by atomic mass is 32.4. The monoisotopic (exact) mass is 467 g/mol. The average Bonchev–Trinajstić information content (AvgIpc) is 3.17. The first-order valence-electron chi connectivity index (χ1n) is 10.9. The molecule has 0 aliphatic rings. The third-order valence-electron chi connectivity index (χ3n) is 5.94. The fraction of sp³-hybridized carbons (Fsp3) is 0.0714. The minimum absolute atomic E-state index is 0.0383. The maximum Gasteiger partial charge on any atom is 0.319 e. The van der Waals surface area contributed by atoms with E-state index in [1.807, 2.05) is 103 Å². The Morgan fingerprint density at radius 2 is 1.30 bits per heavy atom. The maximum absolute atomic E-state index is 13.6. The lowest BCUT2D eigenvalue weighted by Crippen LogP contribution is -2.42. The summed E-state index contributed by atoms with van der Waals surface area (Å²) in [5, 5.41) is 2.22. The molecule has 5 aromatic rings. The Labute approximate surface area is 199 Å². The van der Waals surface area contributed by atoms with Crippen LogP contribution in [0.5, 0.6) is 0 Å². The topological polar surface area (TPSA) is 26.1 Å². The van der Waals surface area contributed by atoms with E-state index in [-0.39, 0.29) is 5.91 Å². The number of carbonyl (C=O) groups excluding carboxylic acids is 1. The molecule has 0 spiro atoms. The summed E-state index contributed by atoms with van der Waals surface area (Å²) >= 11 is 6.61. The molecule has 5 rings (SSSR count). The van der Waals surface area contributed by atoms with Gasteiger partial charge < -0.3 is 0 Å². The molecule has 2 heterocycles. The number of pyridine rings is 1. The Morgan fingerprint density at radius 3 is 1.88 bits per heavy atom. The van der Waals surface area contributed by atoms with E-state index in [1.54, 1.807) is 0 Å². The quantitative estimate of drug-likeness (QED) is 0.286. The van der Waals surface area contributed by atoms with E-state index >= 15 is 0 Å². The predicted octanol–water partition coefficient (Wildman–Crippen LogP) is 4.17. The van der Waals surface area contributed by atoms with Crippen molar-refractivity contribution in [3.63, 3.8) is 0 Å². The van der Waals surface area contributed by atoms with Gasteiger partial charge >= 0.3 is 5.91 Å². The zero-order chi connectivity index (χ0) is 22.8. The van der Waals surface area contributed by atoms with Gasteiger partial charge in [0.15, 0.2) is 11.1 Å². The first-order chi connectivity index (χ1) is 16.1. The zero-order valence-corrected chi connectivity index (χ0v) is 20.0. The van der Waals surface area contributed by atoms with Crippen LogP contribution in [0.4, 0.5) is 0 Å². The lowest BCUT2D eigenvalue weighted by atomic mass is 10.1. The molecule has 0 N–H and O–H groups in total. The third-order valence-corrected chi connectivity index (χ3v) is 10.9. The summed E-state index contributed by atoms with van der Waals surface area (Å²) in [6.45, 7) is 2.03. The van der Waals surface area contributed by atoms with E-state index in [0.29, 0.717) is 6.42 Å². The summed E-state index contributed by atoms with van der Waals surface area (Å²) in [6.07, 6.45) is 2.36. The van der Waals surface area contributed by atoms with Gasteiger partial charge in [0.1, 0.15) is 0 Å². The lowest BCUT2D eigenvalue weighted by molar-refractivity contribution is -0.490. The normalized spacial score (nSPS) is 11.5. The Bertz CT molecular complexity index is 1430. The molecule has 0 unspecified atom stereocenters. The number of hydrogen-bond donors (Lipinski definition) is 0. The van der Waals surface area contributed by atoms with E-state index in [4.69, 9.17) is 11.8 Å². The van der Waals surface area contributed by atoms with Crippen molar-refractivity contribution in [3.05, 3.63) is 127 Å². The second kappa shape index (κ2) is 8.90. The number of rotatable bonds is 5. The van der Waals surface area contributed by atoms with Gasteiger partial charge in [0, 0.05) is 13.0 Å². The average molecular weight is 468 g/mol. The van der Waals surface area contributed by atoms with Gasteiger partial charge in [0.25, 0.3) is 5.65 Å². The van der Waals surface area contributed by atoms with Gasteiger partial charge in [0.05, 0.1) is 18.7 Å². The highest BCUT2D eigenvalue weighted by molar-refractivity contribution is 8.25. The molecular weight excluding hydrogens is 443 g/mol. The van der Waals surface area contributed by atoms with Crippen molar-refractivity contribution in [3.8, 4) is 0 Å². The molecule has 5 heteroatoms.